The highest BCUT2D eigenvalue weighted by molar-refractivity contribution is 5.94. The second-order valence-electron chi connectivity index (χ2n) is 9.59. The summed E-state index contributed by atoms with van der Waals surface area (Å²) in [4.78, 5) is 29.7. The minimum absolute atomic E-state index is 0.0156. The molecule has 0 saturated carbocycles. The molecule has 0 aliphatic carbocycles. The largest absolute Gasteiger partial charge is 0.352 e. The van der Waals surface area contributed by atoms with Gasteiger partial charge < -0.3 is 10.2 Å². The summed E-state index contributed by atoms with van der Waals surface area (Å²) in [6, 6.07) is 14.1. The molecular weight excluding hydrogens is 417 g/mol. The van der Waals surface area contributed by atoms with E-state index in [-0.39, 0.29) is 23.5 Å². The molecule has 0 aromatic heterocycles. The number of nitrogens with one attached hydrogen (secondary N) is 1. The van der Waals surface area contributed by atoms with Crippen molar-refractivity contribution in [3.8, 4) is 0 Å². The molecule has 1 N–H and O–H groups in total. The van der Waals surface area contributed by atoms with Gasteiger partial charge in [0.2, 0.25) is 5.91 Å². The van der Waals surface area contributed by atoms with E-state index in [9.17, 15) is 14.0 Å². The third-order valence-corrected chi connectivity index (χ3v) is 6.94. The number of piperidine rings is 2. The highest BCUT2D eigenvalue weighted by Gasteiger charge is 2.28. The number of hydrogen-bond donors (Lipinski definition) is 1. The van der Waals surface area contributed by atoms with Crippen molar-refractivity contribution in [3.05, 3.63) is 71.0 Å². The smallest absolute Gasteiger partial charge is 0.253 e. The number of carbonyl (C=O) groups excluding carboxylic acids is 2. The summed E-state index contributed by atoms with van der Waals surface area (Å²) < 4.78 is 13.1. The van der Waals surface area contributed by atoms with Gasteiger partial charge in [-0.15, -0.1) is 0 Å². The van der Waals surface area contributed by atoms with E-state index in [4.69, 9.17) is 0 Å². The van der Waals surface area contributed by atoms with Gasteiger partial charge in [-0.3, -0.25) is 14.5 Å². The van der Waals surface area contributed by atoms with Gasteiger partial charge in [-0.25, -0.2) is 4.39 Å². The van der Waals surface area contributed by atoms with Crippen molar-refractivity contribution in [2.45, 2.75) is 45.7 Å². The lowest BCUT2D eigenvalue weighted by atomic mass is 9.96. The predicted molar refractivity (Wildman–Crippen MR) is 127 cm³/mol. The fourth-order valence-electron chi connectivity index (χ4n) is 4.73. The summed E-state index contributed by atoms with van der Waals surface area (Å²) in [6.45, 7) is 7.16. The van der Waals surface area contributed by atoms with Crippen molar-refractivity contribution < 1.29 is 14.0 Å². The molecule has 2 saturated heterocycles. The number of benzene rings is 2. The molecule has 6 heteroatoms. The molecule has 176 valence electrons. The van der Waals surface area contributed by atoms with Crippen molar-refractivity contribution >= 4 is 11.8 Å². The van der Waals surface area contributed by atoms with Crippen LogP contribution in [0.1, 0.15) is 54.1 Å². The zero-order valence-corrected chi connectivity index (χ0v) is 19.4. The molecule has 2 amide bonds. The molecular formula is C27H34FN3O2. The number of carbonyl (C=O) groups is 2. The quantitative estimate of drug-likeness (QED) is 0.715. The van der Waals surface area contributed by atoms with Crippen LogP contribution in [0.4, 0.5) is 4.39 Å². The second kappa shape index (κ2) is 10.9. The van der Waals surface area contributed by atoms with E-state index in [1.165, 1.54) is 55.8 Å². The van der Waals surface area contributed by atoms with Crippen LogP contribution < -0.4 is 5.32 Å². The lowest BCUT2D eigenvalue weighted by Crippen LogP contribution is -2.45. The third-order valence-electron chi connectivity index (χ3n) is 6.94. The summed E-state index contributed by atoms with van der Waals surface area (Å²) in [7, 11) is 0. The maximum atomic E-state index is 13.1. The van der Waals surface area contributed by atoms with Crippen molar-refractivity contribution in [1.82, 2.24) is 15.1 Å². The van der Waals surface area contributed by atoms with Crippen LogP contribution in [0.3, 0.4) is 0 Å². The van der Waals surface area contributed by atoms with Gasteiger partial charge in [0.25, 0.3) is 5.91 Å². The molecule has 33 heavy (non-hydrogen) atoms. The van der Waals surface area contributed by atoms with E-state index < -0.39 is 0 Å². The third kappa shape index (κ3) is 6.41. The summed E-state index contributed by atoms with van der Waals surface area (Å²) in [5.74, 6) is 0.0920. The van der Waals surface area contributed by atoms with Gasteiger partial charge in [-0.1, -0.05) is 31.2 Å². The summed E-state index contributed by atoms with van der Waals surface area (Å²) >= 11 is 0. The van der Waals surface area contributed by atoms with Crippen molar-refractivity contribution in [2.75, 3.05) is 26.2 Å². The van der Waals surface area contributed by atoms with E-state index >= 15 is 0 Å². The number of nitrogens with zero attached hydrogens (tertiary/aromatic N) is 2. The van der Waals surface area contributed by atoms with Gasteiger partial charge in [-0.2, -0.15) is 0 Å². The van der Waals surface area contributed by atoms with Crippen molar-refractivity contribution in [1.29, 1.82) is 0 Å². The molecule has 1 atom stereocenters. The van der Waals surface area contributed by atoms with Crippen LogP contribution in [0.15, 0.2) is 48.5 Å². The van der Waals surface area contributed by atoms with Gasteiger partial charge in [-0.05, 0) is 80.1 Å². The van der Waals surface area contributed by atoms with Crippen LogP contribution in [0, 0.1) is 17.7 Å². The lowest BCUT2D eigenvalue weighted by molar-refractivity contribution is -0.126. The Morgan fingerprint density at radius 1 is 0.939 bits per heavy atom. The van der Waals surface area contributed by atoms with Gasteiger partial charge in [0.05, 0.1) is 5.92 Å². The molecule has 2 aromatic rings. The monoisotopic (exact) mass is 451 g/mol. The average molecular weight is 452 g/mol. The zero-order valence-electron chi connectivity index (χ0n) is 19.4. The minimum atomic E-state index is -0.364. The Morgan fingerprint density at radius 2 is 1.61 bits per heavy atom. The molecule has 2 aromatic carbocycles. The Hall–Kier alpha value is -2.73. The SMILES string of the molecule is CC1CCN(Cc2ccc(CNC(=O)C3CCCN(C(=O)c4ccc(F)cc4)C3)cc2)CC1. The molecule has 2 aliphatic rings. The highest BCUT2D eigenvalue weighted by Crippen LogP contribution is 2.20. The fraction of sp³-hybridized carbons (Fsp3) is 0.481. The Bertz CT molecular complexity index is 937. The standard InChI is InChI=1S/C27H34FN3O2/c1-20-12-15-30(16-13-20)18-22-6-4-21(5-7-22)17-29-26(32)24-3-2-14-31(19-24)27(33)23-8-10-25(28)11-9-23/h4-11,20,24H,2-3,12-19H2,1H3,(H,29,32). The minimum Gasteiger partial charge on any atom is -0.352 e. The van der Waals surface area contributed by atoms with E-state index in [1.54, 1.807) is 4.90 Å². The molecule has 5 nitrogen and oxygen atoms in total. The van der Waals surface area contributed by atoms with Gasteiger partial charge >= 0.3 is 0 Å². The number of likely N-dealkylation sites (tertiary alicyclic amines) is 2. The molecule has 0 bridgehead atoms. The van der Waals surface area contributed by atoms with E-state index in [1.807, 2.05) is 0 Å². The molecule has 0 radical (unpaired) electrons. The maximum absolute atomic E-state index is 13.1. The predicted octanol–water partition coefficient (Wildman–Crippen LogP) is 4.23. The Kier molecular flexibility index (Phi) is 7.76. The highest BCUT2D eigenvalue weighted by atomic mass is 19.1. The van der Waals surface area contributed by atoms with Crippen LogP contribution in [0.25, 0.3) is 0 Å². The number of halogens is 1. The molecule has 2 heterocycles. The summed E-state index contributed by atoms with van der Waals surface area (Å²) in [6.07, 6.45) is 4.11. The zero-order chi connectivity index (χ0) is 23.2. The van der Waals surface area contributed by atoms with Crippen molar-refractivity contribution in [2.24, 2.45) is 11.8 Å². The molecule has 2 fully saturated rings. The summed E-state index contributed by atoms with van der Waals surface area (Å²) in [5, 5.41) is 3.04. The molecule has 0 spiro atoms. The molecule has 2 aliphatic heterocycles. The summed E-state index contributed by atoms with van der Waals surface area (Å²) in [5.41, 5.74) is 2.84. The first kappa shape index (κ1) is 23.4. The number of amides is 2. The first-order valence-electron chi connectivity index (χ1n) is 12.1. The molecule has 4 rings (SSSR count). The number of hydrogen-bond acceptors (Lipinski definition) is 3. The van der Waals surface area contributed by atoms with Crippen LogP contribution in [-0.4, -0.2) is 47.8 Å². The first-order chi connectivity index (χ1) is 16.0. The van der Waals surface area contributed by atoms with Crippen LogP contribution in [0.5, 0.6) is 0 Å². The van der Waals surface area contributed by atoms with Gasteiger partial charge in [0.1, 0.15) is 5.82 Å². The van der Waals surface area contributed by atoms with E-state index in [2.05, 4.69) is 41.4 Å². The number of rotatable bonds is 6. The molecule has 1 unspecified atom stereocenters. The first-order valence-corrected chi connectivity index (χ1v) is 12.1. The lowest BCUT2D eigenvalue weighted by Gasteiger charge is -2.32. The van der Waals surface area contributed by atoms with Crippen LogP contribution in [0.2, 0.25) is 0 Å². The Labute approximate surface area is 196 Å². The van der Waals surface area contributed by atoms with E-state index in [0.717, 1.165) is 30.9 Å². The van der Waals surface area contributed by atoms with Crippen LogP contribution in [-0.2, 0) is 17.9 Å². The Balaban J connectivity index is 1.25. The fourth-order valence-corrected chi connectivity index (χ4v) is 4.73. The maximum Gasteiger partial charge on any atom is 0.253 e. The normalized spacial score (nSPS) is 19.9. The van der Waals surface area contributed by atoms with Crippen LogP contribution >= 0.6 is 0 Å². The topological polar surface area (TPSA) is 52.7 Å². The van der Waals surface area contributed by atoms with E-state index in [0.29, 0.717) is 25.2 Å². The van der Waals surface area contributed by atoms with Gasteiger partial charge in [0.15, 0.2) is 0 Å². The van der Waals surface area contributed by atoms with Crippen molar-refractivity contribution in [3.63, 3.8) is 0 Å². The average Bonchev–Trinajstić information content (AvgIpc) is 2.85. The second-order valence-corrected chi connectivity index (χ2v) is 9.59. The Morgan fingerprint density at radius 3 is 2.30 bits per heavy atom. The van der Waals surface area contributed by atoms with Gasteiger partial charge in [0, 0.05) is 31.7 Å².